The third-order valence-corrected chi connectivity index (χ3v) is 4.89. The lowest BCUT2D eigenvalue weighted by Crippen LogP contribution is -2.40. The zero-order valence-corrected chi connectivity index (χ0v) is 17.2. The minimum absolute atomic E-state index is 0.173. The lowest BCUT2D eigenvalue weighted by Gasteiger charge is -2.23. The molecule has 0 bridgehead atoms. The van der Waals surface area contributed by atoms with Gasteiger partial charge in [0, 0.05) is 19.2 Å². The molecular weight excluding hydrogens is 378 g/mol. The van der Waals surface area contributed by atoms with Gasteiger partial charge in [0.1, 0.15) is 0 Å². The molecule has 2 heterocycles. The van der Waals surface area contributed by atoms with Gasteiger partial charge < -0.3 is 20.1 Å². The molecule has 150 valence electrons. The number of benzene rings is 1. The average molecular weight is 404 g/mol. The number of pyridine rings is 1. The van der Waals surface area contributed by atoms with E-state index in [2.05, 4.69) is 29.5 Å². The van der Waals surface area contributed by atoms with Crippen LogP contribution < -0.4 is 20.1 Å². The maximum atomic E-state index is 12.5. The molecule has 1 unspecified atom stereocenters. The molecular formula is C21H26ClN3O3. The van der Waals surface area contributed by atoms with Gasteiger partial charge in [0.15, 0.2) is 11.5 Å². The number of fused-ring (bicyclic) bond motifs is 1. The molecule has 1 aliphatic rings. The van der Waals surface area contributed by atoms with Crippen molar-refractivity contribution in [2.75, 3.05) is 13.2 Å². The number of hydrogen-bond donors (Lipinski definition) is 2. The highest BCUT2D eigenvalue weighted by molar-refractivity contribution is 6.32. The van der Waals surface area contributed by atoms with E-state index in [1.54, 1.807) is 12.3 Å². The van der Waals surface area contributed by atoms with E-state index >= 15 is 0 Å². The van der Waals surface area contributed by atoms with Gasteiger partial charge in [-0.25, -0.2) is 4.79 Å². The van der Waals surface area contributed by atoms with Crippen LogP contribution in [-0.4, -0.2) is 24.2 Å². The third-order valence-electron chi connectivity index (χ3n) is 4.61. The van der Waals surface area contributed by atoms with Crippen molar-refractivity contribution in [3.05, 3.63) is 52.3 Å². The van der Waals surface area contributed by atoms with Crippen molar-refractivity contribution in [3.8, 4) is 11.5 Å². The highest BCUT2D eigenvalue weighted by atomic mass is 35.5. The Balaban J connectivity index is 1.66. The zero-order valence-electron chi connectivity index (χ0n) is 16.4. The van der Waals surface area contributed by atoms with Gasteiger partial charge in [0.25, 0.3) is 0 Å². The van der Waals surface area contributed by atoms with Crippen molar-refractivity contribution in [1.82, 2.24) is 15.6 Å². The summed E-state index contributed by atoms with van der Waals surface area (Å²) in [4.78, 5) is 17.0. The van der Waals surface area contributed by atoms with Crippen LogP contribution in [0.4, 0.5) is 4.79 Å². The molecule has 1 aromatic carbocycles. The quantitative estimate of drug-likeness (QED) is 0.776. The molecule has 0 radical (unpaired) electrons. The Kier molecular flexibility index (Phi) is 6.62. The highest BCUT2D eigenvalue weighted by Crippen LogP contribution is 2.38. The molecule has 0 aliphatic carbocycles. The summed E-state index contributed by atoms with van der Waals surface area (Å²) in [6, 6.07) is 7.11. The summed E-state index contributed by atoms with van der Waals surface area (Å²) in [5.41, 5.74) is 2.78. The molecule has 2 aromatic rings. The number of amides is 2. The van der Waals surface area contributed by atoms with Gasteiger partial charge >= 0.3 is 6.03 Å². The second-order valence-electron chi connectivity index (χ2n) is 7.21. The van der Waals surface area contributed by atoms with Crippen molar-refractivity contribution in [3.63, 3.8) is 0 Å². The van der Waals surface area contributed by atoms with Gasteiger partial charge in [-0.1, -0.05) is 31.5 Å². The second kappa shape index (κ2) is 9.15. The van der Waals surface area contributed by atoms with E-state index in [1.165, 1.54) is 0 Å². The number of hydrogen-bond acceptors (Lipinski definition) is 4. The predicted molar refractivity (Wildman–Crippen MR) is 109 cm³/mol. The molecule has 0 saturated heterocycles. The Bertz CT molecular complexity index is 842. The first-order valence-electron chi connectivity index (χ1n) is 9.49. The topological polar surface area (TPSA) is 72.5 Å². The van der Waals surface area contributed by atoms with E-state index in [0.29, 0.717) is 36.3 Å². The summed E-state index contributed by atoms with van der Waals surface area (Å²) in [6.45, 7) is 7.60. The van der Waals surface area contributed by atoms with E-state index in [9.17, 15) is 4.79 Å². The number of rotatable bonds is 5. The minimum atomic E-state index is -0.257. The predicted octanol–water partition coefficient (Wildman–Crippen LogP) is 4.40. The standard InChI is InChI=1S/C21H26ClN3O3/c1-13(2)18(19-14(3)6-4-7-23-19)25-21(26)24-12-15-10-16(22)20-17(11-15)27-8-5-9-28-20/h4,6-7,10-11,13,18H,5,8-9,12H2,1-3H3,(H2,24,25,26). The van der Waals surface area contributed by atoms with Crippen LogP contribution in [-0.2, 0) is 6.54 Å². The zero-order chi connectivity index (χ0) is 20.1. The Labute approximate surface area is 170 Å². The Morgan fingerprint density at radius 2 is 2.07 bits per heavy atom. The highest BCUT2D eigenvalue weighted by Gasteiger charge is 2.21. The van der Waals surface area contributed by atoms with Crippen LogP contribution in [0.1, 0.15) is 43.1 Å². The van der Waals surface area contributed by atoms with Gasteiger partial charge in [-0.2, -0.15) is 0 Å². The van der Waals surface area contributed by atoms with Gasteiger partial charge in [-0.05, 0) is 42.2 Å². The van der Waals surface area contributed by atoms with Crippen molar-refractivity contribution in [2.24, 2.45) is 5.92 Å². The molecule has 7 heteroatoms. The molecule has 28 heavy (non-hydrogen) atoms. The SMILES string of the molecule is Cc1cccnc1C(NC(=O)NCc1cc(Cl)c2c(c1)OCCCO2)C(C)C. The summed E-state index contributed by atoms with van der Waals surface area (Å²) in [5.74, 6) is 1.39. The molecule has 0 fully saturated rings. The fourth-order valence-electron chi connectivity index (χ4n) is 3.14. The van der Waals surface area contributed by atoms with Crippen molar-refractivity contribution in [1.29, 1.82) is 0 Å². The van der Waals surface area contributed by atoms with Crippen molar-refractivity contribution < 1.29 is 14.3 Å². The second-order valence-corrected chi connectivity index (χ2v) is 7.62. The maximum absolute atomic E-state index is 12.5. The lowest BCUT2D eigenvalue weighted by atomic mass is 9.97. The maximum Gasteiger partial charge on any atom is 0.315 e. The largest absolute Gasteiger partial charge is 0.489 e. The number of nitrogens with one attached hydrogen (secondary N) is 2. The number of ether oxygens (including phenoxy) is 2. The first-order valence-corrected chi connectivity index (χ1v) is 9.87. The van der Waals surface area contributed by atoms with Crippen LogP contribution in [0, 0.1) is 12.8 Å². The first-order chi connectivity index (χ1) is 13.5. The van der Waals surface area contributed by atoms with Crippen LogP contribution >= 0.6 is 11.6 Å². The Hall–Kier alpha value is -2.47. The first kappa shape index (κ1) is 20.3. The van der Waals surface area contributed by atoms with Crippen LogP contribution in [0.5, 0.6) is 11.5 Å². The van der Waals surface area contributed by atoms with Crippen LogP contribution in [0.25, 0.3) is 0 Å². The molecule has 1 aliphatic heterocycles. The van der Waals surface area contributed by atoms with E-state index < -0.39 is 0 Å². The van der Waals surface area contributed by atoms with E-state index in [-0.39, 0.29) is 18.0 Å². The Morgan fingerprint density at radius 3 is 2.82 bits per heavy atom. The van der Waals surface area contributed by atoms with Crippen LogP contribution in [0.15, 0.2) is 30.5 Å². The Morgan fingerprint density at radius 1 is 1.29 bits per heavy atom. The summed E-state index contributed by atoms with van der Waals surface area (Å²) in [7, 11) is 0. The number of urea groups is 1. The summed E-state index contributed by atoms with van der Waals surface area (Å²) >= 11 is 6.32. The summed E-state index contributed by atoms with van der Waals surface area (Å²) in [5, 5.41) is 6.41. The molecule has 2 N–H and O–H groups in total. The van der Waals surface area contributed by atoms with Crippen LogP contribution in [0.3, 0.4) is 0 Å². The molecule has 1 atom stereocenters. The van der Waals surface area contributed by atoms with Gasteiger partial charge in [-0.15, -0.1) is 0 Å². The average Bonchev–Trinajstić information content (AvgIpc) is 2.91. The summed E-state index contributed by atoms with van der Waals surface area (Å²) in [6.07, 6.45) is 2.56. The number of carbonyl (C=O) groups excluding carboxylic acids is 1. The van der Waals surface area contributed by atoms with Gasteiger partial charge in [-0.3, -0.25) is 4.98 Å². The van der Waals surface area contributed by atoms with E-state index in [1.807, 2.05) is 25.1 Å². The minimum Gasteiger partial charge on any atom is -0.489 e. The van der Waals surface area contributed by atoms with Crippen molar-refractivity contribution >= 4 is 17.6 Å². The monoisotopic (exact) mass is 403 g/mol. The van der Waals surface area contributed by atoms with Gasteiger partial charge in [0.2, 0.25) is 0 Å². The van der Waals surface area contributed by atoms with Crippen molar-refractivity contribution in [2.45, 2.75) is 39.8 Å². The number of nitrogens with zero attached hydrogens (tertiary/aromatic N) is 1. The molecule has 0 saturated carbocycles. The number of aryl methyl sites for hydroxylation is 1. The summed E-state index contributed by atoms with van der Waals surface area (Å²) < 4.78 is 11.3. The van der Waals surface area contributed by atoms with Crippen LogP contribution in [0.2, 0.25) is 5.02 Å². The number of halogens is 1. The molecule has 6 nitrogen and oxygen atoms in total. The fourth-order valence-corrected chi connectivity index (χ4v) is 3.42. The molecule has 0 spiro atoms. The molecule has 1 aromatic heterocycles. The fraction of sp³-hybridized carbons (Fsp3) is 0.429. The van der Waals surface area contributed by atoms with E-state index in [0.717, 1.165) is 23.2 Å². The van der Waals surface area contributed by atoms with E-state index in [4.69, 9.17) is 21.1 Å². The molecule has 2 amide bonds. The lowest BCUT2D eigenvalue weighted by molar-refractivity contribution is 0.232. The third kappa shape index (κ3) is 4.87. The normalized spacial score (nSPS) is 14.3. The van der Waals surface area contributed by atoms with Gasteiger partial charge in [0.05, 0.1) is 30.0 Å². The molecule has 3 rings (SSSR count). The number of aromatic nitrogens is 1. The smallest absolute Gasteiger partial charge is 0.315 e. The number of carbonyl (C=O) groups is 1.